The number of imidazole rings is 1. The predicted octanol–water partition coefficient (Wildman–Crippen LogP) is 7.17. The summed E-state index contributed by atoms with van der Waals surface area (Å²) in [6, 6.07) is 8.19. The maximum absolute atomic E-state index is 13.2. The number of esters is 2. The molecule has 0 bridgehead atoms. The van der Waals surface area contributed by atoms with Crippen molar-refractivity contribution in [3.8, 4) is 0 Å². The molecule has 0 fully saturated rings. The van der Waals surface area contributed by atoms with E-state index in [0.29, 0.717) is 12.8 Å². The van der Waals surface area contributed by atoms with Crippen molar-refractivity contribution in [2.75, 3.05) is 14.2 Å². The Kier molecular flexibility index (Phi) is 16.2. The van der Waals surface area contributed by atoms with E-state index in [2.05, 4.69) is 21.6 Å². The number of carbonyl (C=O) groups excluding carboxylic acids is 2. The number of rotatable bonds is 22. The van der Waals surface area contributed by atoms with Gasteiger partial charge in [0.2, 0.25) is 0 Å². The maximum Gasteiger partial charge on any atom is 0.329 e. The number of ether oxygens (including phenoxy) is 2. The van der Waals surface area contributed by atoms with Crippen molar-refractivity contribution in [2.24, 2.45) is 0 Å². The molecule has 0 atom stereocenters. The van der Waals surface area contributed by atoms with Gasteiger partial charge in [0.1, 0.15) is 0 Å². The number of nitrogens with zero attached hydrogens (tertiary/aromatic N) is 2. The van der Waals surface area contributed by atoms with E-state index in [1.165, 1.54) is 65.6 Å². The smallest absolute Gasteiger partial charge is 0.329 e. The lowest BCUT2D eigenvalue weighted by Gasteiger charge is -2.05. The van der Waals surface area contributed by atoms with Crippen LogP contribution in [0.25, 0.3) is 11.0 Å². The summed E-state index contributed by atoms with van der Waals surface area (Å²) in [5.41, 5.74) is 2.23. The summed E-state index contributed by atoms with van der Waals surface area (Å²) in [5.74, 6) is -0.225. The van der Waals surface area contributed by atoms with Gasteiger partial charge in [-0.2, -0.15) is 0 Å². The third-order valence-electron chi connectivity index (χ3n) is 7.41. The lowest BCUT2D eigenvalue weighted by atomic mass is 10.1. The molecule has 0 aliphatic rings. The first-order valence-electron chi connectivity index (χ1n) is 14.9. The van der Waals surface area contributed by atoms with Crippen LogP contribution in [-0.4, -0.2) is 35.3 Å². The van der Waals surface area contributed by atoms with Gasteiger partial charge in [0.05, 0.1) is 25.3 Å². The Hall–Kier alpha value is -2.57. The number of benzene rings is 1. The van der Waals surface area contributed by atoms with Crippen LogP contribution in [0.2, 0.25) is 0 Å². The molecule has 0 aliphatic carbocycles. The molecule has 0 unspecified atom stereocenters. The van der Waals surface area contributed by atoms with Crippen molar-refractivity contribution in [3.63, 3.8) is 0 Å². The number of hydrogen-bond acceptors (Lipinski definition) is 5. The van der Waals surface area contributed by atoms with Crippen LogP contribution in [0.1, 0.15) is 116 Å². The maximum atomic E-state index is 13.2. The fraction of sp³-hybridized carbons (Fsp3) is 0.710. The van der Waals surface area contributed by atoms with E-state index in [0.717, 1.165) is 75.5 Å². The number of aryl methyl sites for hydroxylation is 2. The van der Waals surface area contributed by atoms with Crippen molar-refractivity contribution < 1.29 is 19.1 Å². The first-order chi connectivity index (χ1) is 18.6. The normalized spacial score (nSPS) is 11.2. The fourth-order valence-electron chi connectivity index (χ4n) is 5.11. The molecule has 0 saturated heterocycles. The molecule has 0 saturated carbocycles. The van der Waals surface area contributed by atoms with E-state index >= 15 is 0 Å². The highest BCUT2D eigenvalue weighted by atomic mass is 16.5. The van der Waals surface area contributed by atoms with E-state index in [1.807, 2.05) is 21.3 Å². The number of hydrogen-bond donors (Lipinski definition) is 0. The minimum Gasteiger partial charge on any atom is -0.469 e. The Morgan fingerprint density at radius 2 is 0.868 bits per heavy atom. The van der Waals surface area contributed by atoms with E-state index in [9.17, 15) is 14.4 Å². The molecule has 0 amide bonds. The zero-order chi connectivity index (χ0) is 27.4. The van der Waals surface area contributed by atoms with Gasteiger partial charge >= 0.3 is 17.6 Å². The third kappa shape index (κ3) is 11.9. The van der Waals surface area contributed by atoms with Gasteiger partial charge in [0.25, 0.3) is 0 Å². The summed E-state index contributed by atoms with van der Waals surface area (Å²) in [7, 11) is 2.89. The van der Waals surface area contributed by atoms with Crippen molar-refractivity contribution in [2.45, 2.75) is 129 Å². The van der Waals surface area contributed by atoms with Crippen LogP contribution in [0.4, 0.5) is 0 Å². The summed E-state index contributed by atoms with van der Waals surface area (Å²) in [6.07, 6.45) is 18.9. The minimum absolute atomic E-state index is 0.113. The van der Waals surface area contributed by atoms with Gasteiger partial charge in [-0.05, 0) is 37.8 Å². The van der Waals surface area contributed by atoms with Crippen molar-refractivity contribution in [1.29, 1.82) is 0 Å². The molecule has 7 nitrogen and oxygen atoms in total. The van der Waals surface area contributed by atoms with E-state index in [1.54, 1.807) is 0 Å². The number of methoxy groups -OCH3 is 2. The van der Waals surface area contributed by atoms with Crippen LogP contribution in [0.3, 0.4) is 0 Å². The number of unbranched alkanes of at least 4 members (excludes halogenated alkanes) is 14. The molecule has 0 aliphatic heterocycles. The van der Waals surface area contributed by atoms with Crippen LogP contribution in [0.5, 0.6) is 0 Å². The molecule has 38 heavy (non-hydrogen) atoms. The van der Waals surface area contributed by atoms with E-state index in [-0.39, 0.29) is 17.6 Å². The number of aromatic nitrogens is 2. The minimum atomic E-state index is -0.113. The van der Waals surface area contributed by atoms with Crippen molar-refractivity contribution in [1.82, 2.24) is 9.13 Å². The average Bonchev–Trinajstić information content (AvgIpc) is 3.20. The van der Waals surface area contributed by atoms with Gasteiger partial charge in [0, 0.05) is 25.9 Å². The average molecular weight is 531 g/mol. The van der Waals surface area contributed by atoms with Crippen LogP contribution in [-0.2, 0) is 32.2 Å². The fourth-order valence-corrected chi connectivity index (χ4v) is 5.11. The summed E-state index contributed by atoms with van der Waals surface area (Å²) < 4.78 is 13.3. The highest BCUT2D eigenvalue weighted by Gasteiger charge is 2.12. The molecule has 0 N–H and O–H groups in total. The second-order valence-electron chi connectivity index (χ2n) is 10.4. The molecule has 7 heteroatoms. The highest BCUT2D eigenvalue weighted by Crippen LogP contribution is 2.17. The first kappa shape index (κ1) is 31.6. The second-order valence-corrected chi connectivity index (χ2v) is 10.4. The molecular formula is C31H50N2O5. The molecule has 214 valence electrons. The quantitative estimate of drug-likeness (QED) is 0.119. The molecule has 1 aromatic carbocycles. The molecule has 1 heterocycles. The summed E-state index contributed by atoms with van der Waals surface area (Å²) in [6.45, 7) is 1.56. The number of fused-ring (bicyclic) bond motifs is 1. The predicted molar refractivity (Wildman–Crippen MR) is 153 cm³/mol. The van der Waals surface area contributed by atoms with E-state index in [4.69, 9.17) is 0 Å². The van der Waals surface area contributed by atoms with Crippen LogP contribution in [0.15, 0.2) is 29.1 Å². The van der Waals surface area contributed by atoms with Crippen molar-refractivity contribution >= 4 is 23.0 Å². The topological polar surface area (TPSA) is 79.5 Å². The Morgan fingerprint density at radius 3 is 1.21 bits per heavy atom. The zero-order valence-corrected chi connectivity index (χ0v) is 23.9. The highest BCUT2D eigenvalue weighted by molar-refractivity contribution is 5.76. The lowest BCUT2D eigenvalue weighted by molar-refractivity contribution is -0.141. The summed E-state index contributed by atoms with van der Waals surface area (Å²) >= 11 is 0. The molecule has 2 rings (SSSR count). The third-order valence-corrected chi connectivity index (χ3v) is 7.41. The monoisotopic (exact) mass is 530 g/mol. The van der Waals surface area contributed by atoms with Gasteiger partial charge in [-0.1, -0.05) is 89.2 Å². The molecule has 0 radical (unpaired) electrons. The molecule has 1 aromatic heterocycles. The van der Waals surface area contributed by atoms with Gasteiger partial charge in [-0.15, -0.1) is 0 Å². The summed E-state index contributed by atoms with van der Waals surface area (Å²) in [4.78, 5) is 35.5. The Bertz CT molecular complexity index is 918. The van der Waals surface area contributed by atoms with E-state index < -0.39 is 0 Å². The number of para-hydroxylation sites is 2. The lowest BCUT2D eigenvalue weighted by Crippen LogP contribution is -2.24. The van der Waals surface area contributed by atoms with Crippen LogP contribution < -0.4 is 5.69 Å². The van der Waals surface area contributed by atoms with Gasteiger partial charge < -0.3 is 9.47 Å². The van der Waals surface area contributed by atoms with Gasteiger partial charge in [-0.3, -0.25) is 18.7 Å². The van der Waals surface area contributed by atoms with Crippen LogP contribution >= 0.6 is 0 Å². The van der Waals surface area contributed by atoms with Gasteiger partial charge in [-0.25, -0.2) is 4.79 Å². The van der Waals surface area contributed by atoms with Crippen LogP contribution in [0, 0.1) is 0 Å². The Balaban J connectivity index is 1.64. The van der Waals surface area contributed by atoms with Gasteiger partial charge in [0.15, 0.2) is 0 Å². The first-order valence-corrected chi connectivity index (χ1v) is 14.9. The zero-order valence-electron chi connectivity index (χ0n) is 23.9. The largest absolute Gasteiger partial charge is 0.469 e. The standard InChI is InChI=1S/C31H50N2O5/c1-37-29(34)23-15-11-7-3-5-9-13-19-25-32-27-21-17-18-22-28(27)33(31(32)36)26-20-14-10-6-4-8-12-16-24-30(35)38-2/h17-18,21-22H,3-16,19-20,23-26H2,1-2H3. The molecule has 2 aromatic rings. The second kappa shape index (κ2) is 19.5. The number of carbonyl (C=O) groups is 2. The Morgan fingerprint density at radius 1 is 0.553 bits per heavy atom. The SMILES string of the molecule is COC(=O)CCCCCCCCCCn1c(=O)n(CCCCCCCCCCC(=O)OC)c2ccccc21. The van der Waals surface area contributed by atoms with Crippen molar-refractivity contribution in [3.05, 3.63) is 34.7 Å². The molecule has 0 spiro atoms. The Labute approximate surface area is 228 Å². The molecular weight excluding hydrogens is 480 g/mol. The summed E-state index contributed by atoms with van der Waals surface area (Å²) in [5, 5.41) is 0.